The van der Waals surface area contributed by atoms with Crippen molar-refractivity contribution in [3.05, 3.63) is 65.8 Å². The summed E-state index contributed by atoms with van der Waals surface area (Å²) in [7, 11) is 0. The van der Waals surface area contributed by atoms with Gasteiger partial charge in [0.15, 0.2) is 5.65 Å². The second kappa shape index (κ2) is 7.13. The summed E-state index contributed by atoms with van der Waals surface area (Å²) in [5.74, 6) is 1.48. The highest BCUT2D eigenvalue weighted by atomic mass is 35.5. The van der Waals surface area contributed by atoms with Gasteiger partial charge in [0, 0.05) is 23.8 Å². The lowest BCUT2D eigenvalue weighted by atomic mass is 10.3. The van der Waals surface area contributed by atoms with Crippen LogP contribution in [0.1, 0.15) is 12.8 Å². The zero-order valence-corrected chi connectivity index (χ0v) is 16.0. The molecule has 0 spiro atoms. The molecule has 7 heteroatoms. The smallest absolute Gasteiger partial charge is 0.229 e. The highest BCUT2D eigenvalue weighted by molar-refractivity contribution is 6.30. The number of hydrogen-bond donors (Lipinski definition) is 1. The molecule has 0 bridgehead atoms. The molecule has 6 nitrogen and oxygen atoms in total. The molecule has 0 amide bonds. The Bertz CT molecular complexity index is 1100. The number of halogens is 1. The van der Waals surface area contributed by atoms with Crippen LogP contribution in [0.4, 0.5) is 17.5 Å². The van der Waals surface area contributed by atoms with E-state index in [9.17, 15) is 0 Å². The molecule has 1 fully saturated rings. The Balaban J connectivity index is 1.65. The average molecular weight is 391 g/mol. The largest absolute Gasteiger partial charge is 0.341 e. The van der Waals surface area contributed by atoms with E-state index in [-0.39, 0.29) is 0 Å². The first-order chi connectivity index (χ1) is 13.8. The zero-order chi connectivity index (χ0) is 18.9. The molecule has 0 atom stereocenters. The molecule has 1 saturated heterocycles. The number of fused-ring (bicyclic) bond motifs is 1. The molecule has 0 unspecified atom stereocenters. The Morgan fingerprint density at radius 3 is 2.39 bits per heavy atom. The van der Waals surface area contributed by atoms with Crippen LogP contribution >= 0.6 is 11.6 Å². The summed E-state index contributed by atoms with van der Waals surface area (Å²) < 4.78 is 1.86. The van der Waals surface area contributed by atoms with Crippen molar-refractivity contribution in [2.75, 3.05) is 23.3 Å². The Kier molecular flexibility index (Phi) is 4.33. The van der Waals surface area contributed by atoms with Crippen molar-refractivity contribution in [2.24, 2.45) is 0 Å². The SMILES string of the molecule is Clc1ccc(Nc2nc(N3CCCC3)nc3c2cnn3-c2ccccc2)cc1. The van der Waals surface area contributed by atoms with Crippen LogP contribution in [-0.4, -0.2) is 32.8 Å². The van der Waals surface area contributed by atoms with Gasteiger partial charge < -0.3 is 10.2 Å². The number of para-hydroxylation sites is 1. The molecule has 4 aromatic rings. The van der Waals surface area contributed by atoms with Gasteiger partial charge in [0.25, 0.3) is 0 Å². The predicted molar refractivity (Wildman–Crippen MR) is 113 cm³/mol. The molecular weight excluding hydrogens is 372 g/mol. The maximum Gasteiger partial charge on any atom is 0.229 e. The maximum absolute atomic E-state index is 6.02. The minimum absolute atomic E-state index is 0.702. The summed E-state index contributed by atoms with van der Waals surface area (Å²) in [4.78, 5) is 11.9. The first-order valence-corrected chi connectivity index (χ1v) is 9.74. The van der Waals surface area contributed by atoms with Crippen LogP contribution < -0.4 is 10.2 Å². The summed E-state index contributed by atoms with van der Waals surface area (Å²) in [5.41, 5.74) is 2.69. The fourth-order valence-electron chi connectivity index (χ4n) is 3.48. The van der Waals surface area contributed by atoms with Crippen LogP contribution in [0.2, 0.25) is 5.02 Å². The first kappa shape index (κ1) is 17.0. The van der Waals surface area contributed by atoms with Crippen LogP contribution in [0.3, 0.4) is 0 Å². The van der Waals surface area contributed by atoms with Crippen LogP contribution in [0.25, 0.3) is 16.7 Å². The number of anilines is 3. The van der Waals surface area contributed by atoms with Gasteiger partial charge in [0.2, 0.25) is 5.95 Å². The molecule has 1 N–H and O–H groups in total. The molecule has 3 heterocycles. The van der Waals surface area contributed by atoms with Crippen molar-refractivity contribution in [1.29, 1.82) is 0 Å². The zero-order valence-electron chi connectivity index (χ0n) is 15.2. The van der Waals surface area contributed by atoms with Gasteiger partial charge in [-0.2, -0.15) is 15.1 Å². The number of benzene rings is 2. The van der Waals surface area contributed by atoms with Crippen molar-refractivity contribution in [3.63, 3.8) is 0 Å². The standard InChI is InChI=1S/C21H19ClN6/c22-15-8-10-16(11-9-15)24-19-18-14-23-28(17-6-2-1-3-7-17)20(18)26-21(25-19)27-12-4-5-13-27/h1-3,6-11,14H,4-5,12-13H2,(H,24,25,26). The van der Waals surface area contributed by atoms with E-state index in [2.05, 4.69) is 15.3 Å². The molecule has 2 aromatic carbocycles. The van der Waals surface area contributed by atoms with Crippen molar-refractivity contribution >= 4 is 40.1 Å². The number of aromatic nitrogens is 4. The van der Waals surface area contributed by atoms with Crippen molar-refractivity contribution < 1.29 is 0 Å². The second-order valence-electron chi connectivity index (χ2n) is 6.83. The molecule has 0 saturated carbocycles. The molecular formula is C21H19ClN6. The van der Waals surface area contributed by atoms with Gasteiger partial charge in [0.1, 0.15) is 5.82 Å². The lowest BCUT2D eigenvalue weighted by molar-refractivity contribution is 0.873. The topological polar surface area (TPSA) is 58.9 Å². The molecule has 1 aliphatic heterocycles. The minimum Gasteiger partial charge on any atom is -0.341 e. The van der Waals surface area contributed by atoms with Gasteiger partial charge in [-0.25, -0.2) is 4.68 Å². The van der Waals surface area contributed by atoms with E-state index in [1.54, 1.807) is 0 Å². The number of nitrogens with zero attached hydrogens (tertiary/aromatic N) is 5. The van der Waals surface area contributed by atoms with E-state index in [1.165, 1.54) is 12.8 Å². The fraction of sp³-hybridized carbons (Fsp3) is 0.190. The molecule has 0 radical (unpaired) electrons. The lowest BCUT2D eigenvalue weighted by Crippen LogP contribution is -2.21. The van der Waals surface area contributed by atoms with E-state index >= 15 is 0 Å². The van der Waals surface area contributed by atoms with E-state index in [1.807, 2.05) is 65.5 Å². The van der Waals surface area contributed by atoms with Crippen molar-refractivity contribution in [1.82, 2.24) is 19.7 Å². The molecule has 5 rings (SSSR count). The van der Waals surface area contributed by atoms with E-state index < -0.39 is 0 Å². The summed E-state index contributed by atoms with van der Waals surface area (Å²) in [6.45, 7) is 1.96. The van der Waals surface area contributed by atoms with E-state index in [0.29, 0.717) is 5.02 Å². The van der Waals surface area contributed by atoms with E-state index in [4.69, 9.17) is 21.6 Å². The summed E-state index contributed by atoms with van der Waals surface area (Å²) in [5, 5.41) is 9.58. The molecule has 28 heavy (non-hydrogen) atoms. The Morgan fingerprint density at radius 1 is 0.893 bits per heavy atom. The van der Waals surface area contributed by atoms with Gasteiger partial charge >= 0.3 is 0 Å². The third-order valence-electron chi connectivity index (χ3n) is 4.91. The van der Waals surface area contributed by atoms with Crippen LogP contribution in [0.15, 0.2) is 60.8 Å². The summed E-state index contributed by atoms with van der Waals surface area (Å²) in [6.07, 6.45) is 4.15. The summed E-state index contributed by atoms with van der Waals surface area (Å²) >= 11 is 6.02. The maximum atomic E-state index is 6.02. The monoisotopic (exact) mass is 390 g/mol. The van der Waals surface area contributed by atoms with Crippen LogP contribution in [0, 0.1) is 0 Å². The van der Waals surface area contributed by atoms with E-state index in [0.717, 1.165) is 47.3 Å². The predicted octanol–water partition coefficient (Wildman–Crippen LogP) is 4.81. The Hall–Kier alpha value is -3.12. The summed E-state index contributed by atoms with van der Waals surface area (Å²) in [6, 6.07) is 17.6. The van der Waals surface area contributed by atoms with Crippen LogP contribution in [0.5, 0.6) is 0 Å². The third kappa shape index (κ3) is 3.16. The fourth-order valence-corrected chi connectivity index (χ4v) is 3.60. The molecule has 2 aromatic heterocycles. The van der Waals surface area contributed by atoms with Crippen molar-refractivity contribution in [3.8, 4) is 5.69 Å². The number of rotatable bonds is 4. The Labute approximate surface area is 167 Å². The van der Waals surface area contributed by atoms with Crippen molar-refractivity contribution in [2.45, 2.75) is 12.8 Å². The first-order valence-electron chi connectivity index (χ1n) is 9.37. The lowest BCUT2D eigenvalue weighted by Gasteiger charge is -2.17. The van der Waals surface area contributed by atoms with Gasteiger partial charge in [-0.1, -0.05) is 29.8 Å². The second-order valence-corrected chi connectivity index (χ2v) is 7.26. The number of hydrogen-bond acceptors (Lipinski definition) is 5. The van der Waals surface area contributed by atoms with Gasteiger partial charge in [-0.3, -0.25) is 0 Å². The minimum atomic E-state index is 0.702. The van der Waals surface area contributed by atoms with Gasteiger partial charge in [0.05, 0.1) is 17.3 Å². The number of nitrogens with one attached hydrogen (secondary N) is 1. The molecule has 0 aliphatic carbocycles. The molecule has 140 valence electrons. The quantitative estimate of drug-likeness (QED) is 0.541. The highest BCUT2D eigenvalue weighted by Gasteiger charge is 2.20. The third-order valence-corrected chi connectivity index (χ3v) is 5.17. The van der Waals surface area contributed by atoms with Crippen LogP contribution in [-0.2, 0) is 0 Å². The average Bonchev–Trinajstić information content (AvgIpc) is 3.40. The van der Waals surface area contributed by atoms with Gasteiger partial charge in [-0.05, 0) is 49.2 Å². The highest BCUT2D eigenvalue weighted by Crippen LogP contribution is 2.29. The normalized spacial score (nSPS) is 14.0. The Morgan fingerprint density at radius 2 is 1.64 bits per heavy atom. The van der Waals surface area contributed by atoms with Gasteiger partial charge in [-0.15, -0.1) is 0 Å². The molecule has 1 aliphatic rings.